The van der Waals surface area contributed by atoms with E-state index in [4.69, 9.17) is 5.73 Å². The zero-order valence-corrected chi connectivity index (χ0v) is 10.1. The van der Waals surface area contributed by atoms with Crippen LogP contribution in [0.1, 0.15) is 10.4 Å². The monoisotopic (exact) mass is 261 g/mol. The second kappa shape index (κ2) is 5.48. The largest absolute Gasteiger partial charge is 0.378 e. The van der Waals surface area contributed by atoms with Gasteiger partial charge >= 0.3 is 5.69 Å². The van der Waals surface area contributed by atoms with Gasteiger partial charge in [0, 0.05) is 44.9 Å². The van der Waals surface area contributed by atoms with Crippen molar-refractivity contribution in [2.75, 3.05) is 19.8 Å². The average Bonchev–Trinajstić information content (AvgIpc) is 2.16. The summed E-state index contributed by atoms with van der Waals surface area (Å²) in [5.41, 5.74) is 5.07. The Morgan fingerprint density at radius 3 is 2.56 bits per heavy atom. The van der Waals surface area contributed by atoms with Gasteiger partial charge in [0.15, 0.2) is 0 Å². The van der Waals surface area contributed by atoms with Crippen LogP contribution in [0.15, 0.2) is 12.3 Å². The SMILES string of the molecule is CN(C)C(=O)c1cnc(N)c([N+](=O)[O-])c1.[V]. The van der Waals surface area contributed by atoms with Gasteiger partial charge in [-0.3, -0.25) is 14.9 Å². The summed E-state index contributed by atoms with van der Waals surface area (Å²) in [5, 5.41) is 10.5. The molecule has 0 saturated heterocycles. The average molecular weight is 261 g/mol. The number of anilines is 1. The molecule has 0 aliphatic carbocycles. The maximum absolute atomic E-state index is 11.5. The Balaban J connectivity index is 0.00000225. The number of rotatable bonds is 2. The summed E-state index contributed by atoms with van der Waals surface area (Å²) in [4.78, 5) is 26.2. The molecule has 0 aliphatic rings. The van der Waals surface area contributed by atoms with Crippen LogP contribution in [-0.2, 0) is 18.6 Å². The van der Waals surface area contributed by atoms with E-state index in [0.29, 0.717) is 0 Å². The quantitative estimate of drug-likeness (QED) is 0.608. The van der Waals surface area contributed by atoms with Crippen molar-refractivity contribution in [1.29, 1.82) is 0 Å². The molecule has 0 spiro atoms. The van der Waals surface area contributed by atoms with Crippen LogP contribution in [0.3, 0.4) is 0 Å². The Labute approximate surface area is 104 Å². The molecule has 85 valence electrons. The van der Waals surface area contributed by atoms with Crippen LogP contribution in [0.4, 0.5) is 11.5 Å². The fourth-order valence-corrected chi connectivity index (χ4v) is 0.985. The molecule has 8 heteroatoms. The number of aromatic nitrogens is 1. The molecule has 7 nitrogen and oxygen atoms in total. The first kappa shape index (κ1) is 14.4. The number of amides is 1. The fraction of sp³-hybridized carbons (Fsp3) is 0.250. The maximum atomic E-state index is 11.5. The standard InChI is InChI=1S/C8H10N4O3.V/c1-11(2)8(13)5-3-6(12(14)15)7(9)10-4-5;/h3-4H,1-2H3,(H2,9,10);. The van der Waals surface area contributed by atoms with Gasteiger partial charge in [0.25, 0.3) is 5.91 Å². The molecule has 1 radical (unpaired) electrons. The second-order valence-corrected chi connectivity index (χ2v) is 3.09. The third kappa shape index (κ3) is 2.95. The number of nitrogen functional groups attached to an aromatic ring is 1. The summed E-state index contributed by atoms with van der Waals surface area (Å²) in [6.07, 6.45) is 1.21. The van der Waals surface area contributed by atoms with E-state index < -0.39 is 4.92 Å². The van der Waals surface area contributed by atoms with Crippen molar-refractivity contribution in [3.63, 3.8) is 0 Å². The first-order valence-corrected chi connectivity index (χ1v) is 4.05. The fourth-order valence-electron chi connectivity index (χ4n) is 0.985. The predicted molar refractivity (Wildman–Crippen MR) is 53.3 cm³/mol. The second-order valence-electron chi connectivity index (χ2n) is 3.09. The molecule has 0 bridgehead atoms. The predicted octanol–water partition coefficient (Wildman–Crippen LogP) is 0.271. The number of hydrogen-bond acceptors (Lipinski definition) is 5. The molecule has 0 fully saturated rings. The molecule has 1 aromatic rings. The molecule has 1 heterocycles. The van der Waals surface area contributed by atoms with Crippen molar-refractivity contribution in [3.05, 3.63) is 27.9 Å². The smallest absolute Gasteiger partial charge is 0.311 e. The van der Waals surface area contributed by atoms with E-state index in [1.54, 1.807) is 14.1 Å². The topological polar surface area (TPSA) is 102 Å². The number of hydrogen-bond donors (Lipinski definition) is 1. The van der Waals surface area contributed by atoms with E-state index in [-0.39, 0.29) is 41.5 Å². The molecular formula is C8H10N4O3V. The normalized spacial score (nSPS) is 9.12. The summed E-state index contributed by atoms with van der Waals surface area (Å²) < 4.78 is 0. The van der Waals surface area contributed by atoms with Gasteiger partial charge < -0.3 is 10.6 Å². The molecule has 0 aliphatic heterocycles. The van der Waals surface area contributed by atoms with E-state index in [9.17, 15) is 14.9 Å². The Bertz CT molecular complexity index is 422. The number of carbonyl (C=O) groups excluding carboxylic acids is 1. The van der Waals surface area contributed by atoms with Crippen molar-refractivity contribution in [3.8, 4) is 0 Å². The van der Waals surface area contributed by atoms with Gasteiger partial charge in [0.2, 0.25) is 5.82 Å². The van der Waals surface area contributed by atoms with Gasteiger partial charge in [-0.15, -0.1) is 0 Å². The van der Waals surface area contributed by atoms with E-state index in [1.165, 1.54) is 11.1 Å². The molecule has 1 rings (SSSR count). The number of pyridine rings is 1. The number of nitrogens with zero attached hydrogens (tertiary/aromatic N) is 3. The minimum atomic E-state index is -0.672. The zero-order chi connectivity index (χ0) is 11.6. The zero-order valence-electron chi connectivity index (χ0n) is 8.75. The minimum Gasteiger partial charge on any atom is -0.378 e. The number of nitro groups is 1. The van der Waals surface area contributed by atoms with Gasteiger partial charge in [-0.1, -0.05) is 0 Å². The third-order valence-corrected chi connectivity index (χ3v) is 1.75. The van der Waals surface area contributed by atoms with Crippen LogP contribution < -0.4 is 5.73 Å². The van der Waals surface area contributed by atoms with Gasteiger partial charge in [-0.05, 0) is 0 Å². The van der Waals surface area contributed by atoms with Crippen LogP contribution in [-0.4, -0.2) is 34.8 Å². The number of nitrogens with two attached hydrogens (primary N) is 1. The van der Waals surface area contributed by atoms with Crippen molar-refractivity contribution in [2.24, 2.45) is 0 Å². The Morgan fingerprint density at radius 1 is 1.56 bits per heavy atom. The molecule has 1 aromatic heterocycles. The van der Waals surface area contributed by atoms with Crippen LogP contribution >= 0.6 is 0 Å². The molecule has 0 saturated carbocycles. The molecule has 0 atom stereocenters. The van der Waals surface area contributed by atoms with Crippen LogP contribution in [0, 0.1) is 10.1 Å². The molecule has 0 unspecified atom stereocenters. The summed E-state index contributed by atoms with van der Waals surface area (Å²) in [5.74, 6) is -0.555. The van der Waals surface area contributed by atoms with Gasteiger partial charge in [-0.25, -0.2) is 4.98 Å². The molecule has 1 amide bonds. The first-order chi connectivity index (χ1) is 6.93. The molecular weight excluding hydrogens is 251 g/mol. The van der Waals surface area contributed by atoms with Crippen molar-refractivity contribution in [1.82, 2.24) is 9.88 Å². The van der Waals surface area contributed by atoms with E-state index in [0.717, 1.165) is 6.07 Å². The minimum absolute atomic E-state index is 0. The van der Waals surface area contributed by atoms with Crippen LogP contribution in [0.5, 0.6) is 0 Å². The molecule has 16 heavy (non-hydrogen) atoms. The van der Waals surface area contributed by atoms with Gasteiger partial charge in [-0.2, -0.15) is 0 Å². The van der Waals surface area contributed by atoms with E-state index in [1.807, 2.05) is 0 Å². The van der Waals surface area contributed by atoms with E-state index in [2.05, 4.69) is 4.98 Å². The van der Waals surface area contributed by atoms with Gasteiger partial charge in [0.1, 0.15) is 0 Å². The van der Waals surface area contributed by atoms with Crippen LogP contribution in [0.2, 0.25) is 0 Å². The van der Waals surface area contributed by atoms with Gasteiger partial charge in [0.05, 0.1) is 10.5 Å². The Kier molecular flexibility index (Phi) is 4.93. The summed E-state index contributed by atoms with van der Waals surface area (Å²) >= 11 is 0. The third-order valence-electron chi connectivity index (χ3n) is 1.75. The van der Waals surface area contributed by atoms with Crippen LogP contribution in [0.25, 0.3) is 0 Å². The maximum Gasteiger partial charge on any atom is 0.311 e. The summed E-state index contributed by atoms with van der Waals surface area (Å²) in [6, 6.07) is 1.12. The van der Waals surface area contributed by atoms with Crippen molar-refractivity contribution < 1.29 is 28.3 Å². The summed E-state index contributed by atoms with van der Waals surface area (Å²) in [6.45, 7) is 0. The molecule has 2 N–H and O–H groups in total. The first-order valence-electron chi connectivity index (χ1n) is 4.05. The van der Waals surface area contributed by atoms with Crippen molar-refractivity contribution >= 4 is 17.4 Å². The van der Waals surface area contributed by atoms with Crippen molar-refractivity contribution in [2.45, 2.75) is 0 Å². The number of carbonyl (C=O) groups is 1. The Morgan fingerprint density at radius 2 is 2.12 bits per heavy atom. The molecule has 0 aromatic carbocycles. The van der Waals surface area contributed by atoms with E-state index >= 15 is 0 Å². The Hall–Kier alpha value is -1.60. The summed E-state index contributed by atoms with van der Waals surface area (Å²) in [7, 11) is 3.09.